The van der Waals surface area contributed by atoms with E-state index in [0.29, 0.717) is 13.0 Å². The van der Waals surface area contributed by atoms with E-state index in [1.54, 1.807) is 0 Å². The van der Waals surface area contributed by atoms with Gasteiger partial charge in [-0.2, -0.15) is 0 Å². The molecule has 0 bridgehead atoms. The van der Waals surface area contributed by atoms with E-state index in [1.807, 2.05) is 51.1 Å². The summed E-state index contributed by atoms with van der Waals surface area (Å²) < 4.78 is 0. The lowest BCUT2D eigenvalue weighted by atomic mass is 9.99. The number of carboxylic acid groups (broad SMARTS) is 1. The third kappa shape index (κ3) is 5.45. The molecule has 5 nitrogen and oxygen atoms in total. The van der Waals surface area contributed by atoms with Crippen LogP contribution >= 0.6 is 0 Å². The van der Waals surface area contributed by atoms with Crippen LogP contribution in [0, 0.1) is 5.92 Å². The van der Waals surface area contributed by atoms with Crippen molar-refractivity contribution in [2.24, 2.45) is 5.92 Å². The molecule has 0 aliphatic carbocycles. The molecule has 5 heteroatoms. The van der Waals surface area contributed by atoms with E-state index < -0.39 is 18.0 Å². The Kier molecular flexibility index (Phi) is 6.72. The van der Waals surface area contributed by atoms with Gasteiger partial charge in [0.05, 0.1) is 0 Å². The maximum absolute atomic E-state index is 11.8. The van der Waals surface area contributed by atoms with Crippen LogP contribution in [-0.2, 0) is 4.79 Å². The van der Waals surface area contributed by atoms with Crippen molar-refractivity contribution >= 4 is 12.0 Å². The first-order valence-electron chi connectivity index (χ1n) is 7.27. The number of carbonyl (C=O) groups is 2. The van der Waals surface area contributed by atoms with Gasteiger partial charge in [0.1, 0.15) is 6.04 Å². The molecule has 0 aromatic heterocycles. The Morgan fingerprint density at radius 2 is 1.81 bits per heavy atom. The average Bonchev–Trinajstić information content (AvgIpc) is 2.50. The number of rotatable bonds is 7. The standard InChI is InChI=1S/C16H24N2O3/c1-4-11(2)14(15(19)20)18-16(21)17-10-12(3)13-8-6-5-7-9-13/h5-9,11-12,14H,4,10H2,1-3H3,(H,19,20)(H2,17,18,21)/t11?,12?,14-/m0/s1. The Bertz CT molecular complexity index is 462. The number of hydrogen-bond donors (Lipinski definition) is 3. The molecular formula is C16H24N2O3. The molecule has 1 aromatic carbocycles. The molecule has 116 valence electrons. The van der Waals surface area contributed by atoms with Crippen LogP contribution in [0.2, 0.25) is 0 Å². The van der Waals surface area contributed by atoms with E-state index in [1.165, 1.54) is 0 Å². The molecule has 21 heavy (non-hydrogen) atoms. The van der Waals surface area contributed by atoms with Gasteiger partial charge in [-0.15, -0.1) is 0 Å². The van der Waals surface area contributed by atoms with E-state index in [-0.39, 0.29) is 11.8 Å². The first-order chi connectivity index (χ1) is 9.95. The van der Waals surface area contributed by atoms with Gasteiger partial charge in [0.2, 0.25) is 0 Å². The zero-order valence-electron chi connectivity index (χ0n) is 12.8. The summed E-state index contributed by atoms with van der Waals surface area (Å²) in [7, 11) is 0. The van der Waals surface area contributed by atoms with Crippen LogP contribution in [0.15, 0.2) is 30.3 Å². The smallest absolute Gasteiger partial charge is 0.326 e. The second-order valence-electron chi connectivity index (χ2n) is 5.37. The third-order valence-electron chi connectivity index (χ3n) is 3.70. The van der Waals surface area contributed by atoms with Crippen molar-refractivity contribution in [3.63, 3.8) is 0 Å². The normalized spacial score (nSPS) is 14.8. The van der Waals surface area contributed by atoms with Crippen LogP contribution in [-0.4, -0.2) is 29.7 Å². The monoisotopic (exact) mass is 292 g/mol. The van der Waals surface area contributed by atoms with Crippen LogP contribution in [0.4, 0.5) is 4.79 Å². The van der Waals surface area contributed by atoms with E-state index in [4.69, 9.17) is 5.11 Å². The molecule has 0 fully saturated rings. The largest absolute Gasteiger partial charge is 0.480 e. The zero-order chi connectivity index (χ0) is 15.8. The van der Waals surface area contributed by atoms with Gasteiger partial charge in [0.25, 0.3) is 0 Å². The van der Waals surface area contributed by atoms with Crippen molar-refractivity contribution in [3.05, 3.63) is 35.9 Å². The Hall–Kier alpha value is -2.04. The number of nitrogens with one attached hydrogen (secondary N) is 2. The summed E-state index contributed by atoms with van der Waals surface area (Å²) in [4.78, 5) is 23.0. The first-order valence-corrected chi connectivity index (χ1v) is 7.27. The summed E-state index contributed by atoms with van der Waals surface area (Å²) in [5.74, 6) is -0.945. The minimum atomic E-state index is -1.00. The van der Waals surface area contributed by atoms with Crippen LogP contribution < -0.4 is 10.6 Å². The van der Waals surface area contributed by atoms with Gasteiger partial charge in [-0.1, -0.05) is 57.5 Å². The molecule has 0 radical (unpaired) electrons. The van der Waals surface area contributed by atoms with E-state index in [0.717, 1.165) is 5.56 Å². The summed E-state index contributed by atoms with van der Waals surface area (Å²) >= 11 is 0. The number of benzene rings is 1. The number of aliphatic carboxylic acids is 1. The molecule has 0 heterocycles. The first kappa shape index (κ1) is 17.0. The van der Waals surface area contributed by atoms with Gasteiger partial charge in [-0.3, -0.25) is 0 Å². The fourth-order valence-electron chi connectivity index (χ4n) is 2.02. The van der Waals surface area contributed by atoms with Crippen LogP contribution in [0.1, 0.15) is 38.7 Å². The molecule has 1 rings (SSSR count). The van der Waals surface area contributed by atoms with Crippen molar-refractivity contribution in [3.8, 4) is 0 Å². The van der Waals surface area contributed by atoms with Gasteiger partial charge in [0.15, 0.2) is 0 Å². The predicted molar refractivity (Wildman–Crippen MR) is 82.3 cm³/mol. The number of amides is 2. The maximum atomic E-state index is 11.8. The lowest BCUT2D eigenvalue weighted by Crippen LogP contribution is -2.49. The van der Waals surface area contributed by atoms with Crippen molar-refractivity contribution in [1.82, 2.24) is 10.6 Å². The lowest BCUT2D eigenvalue weighted by molar-refractivity contribution is -0.140. The summed E-state index contributed by atoms with van der Waals surface area (Å²) in [6.45, 7) is 6.19. The number of carbonyl (C=O) groups excluding carboxylic acids is 1. The highest BCUT2D eigenvalue weighted by Crippen LogP contribution is 2.13. The van der Waals surface area contributed by atoms with Gasteiger partial charge < -0.3 is 15.7 Å². The Balaban J connectivity index is 2.48. The Morgan fingerprint density at radius 1 is 1.19 bits per heavy atom. The van der Waals surface area contributed by atoms with Gasteiger partial charge in [-0.05, 0) is 17.4 Å². The summed E-state index contributed by atoms with van der Waals surface area (Å²) in [5, 5.41) is 14.4. The second-order valence-corrected chi connectivity index (χ2v) is 5.37. The highest BCUT2D eigenvalue weighted by Gasteiger charge is 2.25. The van der Waals surface area contributed by atoms with Crippen molar-refractivity contribution < 1.29 is 14.7 Å². The molecule has 1 aromatic rings. The lowest BCUT2D eigenvalue weighted by Gasteiger charge is -2.21. The highest BCUT2D eigenvalue weighted by atomic mass is 16.4. The van der Waals surface area contributed by atoms with Gasteiger partial charge in [0, 0.05) is 6.54 Å². The molecular weight excluding hydrogens is 268 g/mol. The van der Waals surface area contributed by atoms with E-state index in [9.17, 15) is 9.59 Å². The number of carboxylic acids is 1. The Morgan fingerprint density at radius 3 is 2.33 bits per heavy atom. The maximum Gasteiger partial charge on any atom is 0.326 e. The van der Waals surface area contributed by atoms with E-state index in [2.05, 4.69) is 10.6 Å². The van der Waals surface area contributed by atoms with Crippen molar-refractivity contribution in [2.75, 3.05) is 6.54 Å². The molecule has 0 saturated heterocycles. The molecule has 3 atom stereocenters. The minimum Gasteiger partial charge on any atom is -0.480 e. The average molecular weight is 292 g/mol. The molecule has 0 aliphatic heterocycles. The minimum absolute atomic E-state index is 0.111. The number of hydrogen-bond acceptors (Lipinski definition) is 2. The van der Waals surface area contributed by atoms with Gasteiger partial charge in [-0.25, -0.2) is 9.59 Å². The summed E-state index contributed by atoms with van der Waals surface area (Å²) in [6.07, 6.45) is 0.692. The van der Waals surface area contributed by atoms with Crippen LogP contribution in [0.3, 0.4) is 0 Å². The topological polar surface area (TPSA) is 78.4 Å². The zero-order valence-corrected chi connectivity index (χ0v) is 12.8. The predicted octanol–water partition coefficient (Wildman–Crippen LogP) is 2.59. The van der Waals surface area contributed by atoms with Crippen LogP contribution in [0.25, 0.3) is 0 Å². The second kappa shape index (κ2) is 8.29. The Labute approximate surface area is 125 Å². The fraction of sp³-hybridized carbons (Fsp3) is 0.500. The van der Waals surface area contributed by atoms with E-state index >= 15 is 0 Å². The molecule has 0 aliphatic rings. The molecule has 2 unspecified atom stereocenters. The molecule has 2 amide bonds. The van der Waals surface area contributed by atoms with Crippen molar-refractivity contribution in [2.45, 2.75) is 39.2 Å². The SMILES string of the molecule is CCC(C)[C@H](NC(=O)NCC(C)c1ccccc1)C(=O)O. The molecule has 0 spiro atoms. The number of urea groups is 1. The molecule has 3 N–H and O–H groups in total. The molecule has 0 saturated carbocycles. The van der Waals surface area contributed by atoms with Crippen molar-refractivity contribution in [1.29, 1.82) is 0 Å². The fourth-order valence-corrected chi connectivity index (χ4v) is 2.02. The van der Waals surface area contributed by atoms with Gasteiger partial charge >= 0.3 is 12.0 Å². The highest BCUT2D eigenvalue weighted by molar-refractivity contribution is 5.82. The van der Waals surface area contributed by atoms with Crippen LogP contribution in [0.5, 0.6) is 0 Å². The third-order valence-corrected chi connectivity index (χ3v) is 3.70. The quantitative estimate of drug-likeness (QED) is 0.722. The summed E-state index contributed by atoms with van der Waals surface area (Å²) in [5.41, 5.74) is 1.13. The summed E-state index contributed by atoms with van der Waals surface area (Å²) in [6, 6.07) is 8.56.